The van der Waals surface area contributed by atoms with Gasteiger partial charge in [0, 0.05) is 57.0 Å². The zero-order chi connectivity index (χ0) is 26.4. The molecule has 1 saturated heterocycles. The van der Waals surface area contributed by atoms with Gasteiger partial charge in [0.15, 0.2) is 0 Å². The van der Waals surface area contributed by atoms with Gasteiger partial charge in [0.1, 0.15) is 17.7 Å². The number of aromatic nitrogens is 2. The fourth-order valence-corrected chi connectivity index (χ4v) is 4.90. The van der Waals surface area contributed by atoms with E-state index in [4.69, 9.17) is 9.72 Å². The first-order chi connectivity index (χ1) is 17.9. The van der Waals surface area contributed by atoms with Crippen LogP contribution in [0.15, 0.2) is 18.3 Å². The molecule has 3 amide bonds. The Bertz CT molecular complexity index is 1190. The molecule has 10 nitrogen and oxygen atoms in total. The van der Waals surface area contributed by atoms with Crippen LogP contribution in [-0.4, -0.2) is 72.2 Å². The molecule has 2 aliphatic heterocycles. The van der Waals surface area contributed by atoms with E-state index in [0.717, 1.165) is 41.8 Å². The van der Waals surface area contributed by atoms with Crippen LogP contribution >= 0.6 is 11.8 Å². The summed E-state index contributed by atoms with van der Waals surface area (Å²) in [5, 5.41) is 15.5. The first kappa shape index (κ1) is 26.7. The van der Waals surface area contributed by atoms with Crippen LogP contribution in [0.25, 0.3) is 0 Å². The number of hydrogen-bond acceptors (Lipinski definition) is 8. The van der Waals surface area contributed by atoms with Crippen molar-refractivity contribution in [3.8, 4) is 6.07 Å². The Kier molecular flexibility index (Phi) is 8.84. The molecule has 1 atom stereocenters. The Morgan fingerprint density at radius 3 is 2.95 bits per heavy atom. The maximum absolute atomic E-state index is 13.2. The van der Waals surface area contributed by atoms with Crippen LogP contribution in [0.1, 0.15) is 35.2 Å². The van der Waals surface area contributed by atoms with Crippen molar-refractivity contribution < 1.29 is 14.3 Å². The van der Waals surface area contributed by atoms with Crippen LogP contribution in [0.5, 0.6) is 0 Å². The Labute approximate surface area is 221 Å². The third-order valence-corrected chi connectivity index (χ3v) is 7.26. The van der Waals surface area contributed by atoms with Crippen LogP contribution in [0.4, 0.5) is 22.1 Å². The van der Waals surface area contributed by atoms with Gasteiger partial charge in [-0.25, -0.2) is 14.8 Å². The van der Waals surface area contributed by atoms with E-state index in [1.807, 2.05) is 20.2 Å². The minimum Gasteiger partial charge on any atom is -0.383 e. The smallest absolute Gasteiger partial charge is 0.328 e. The number of nitrogens with zero attached hydrogens (tertiary/aromatic N) is 5. The van der Waals surface area contributed by atoms with Gasteiger partial charge in [-0.05, 0) is 49.6 Å². The Morgan fingerprint density at radius 1 is 1.38 bits per heavy atom. The summed E-state index contributed by atoms with van der Waals surface area (Å²) in [4.78, 5) is 38.4. The second-order valence-electron chi connectivity index (χ2n) is 9.30. The lowest BCUT2D eigenvalue weighted by atomic mass is 10.0. The average Bonchev–Trinajstić information content (AvgIpc) is 3.44. The third-order valence-electron chi connectivity index (χ3n) is 6.65. The van der Waals surface area contributed by atoms with Crippen LogP contribution in [0.3, 0.4) is 0 Å². The number of aryl methyl sites for hydroxylation is 2. The lowest BCUT2D eigenvalue weighted by Gasteiger charge is -2.30. The molecule has 0 spiro atoms. The second kappa shape index (κ2) is 12.3. The topological polar surface area (TPSA) is 123 Å². The van der Waals surface area contributed by atoms with Crippen LogP contribution in [0.2, 0.25) is 0 Å². The lowest BCUT2D eigenvalue weighted by Crippen LogP contribution is -2.40. The number of hydrogen-bond donors (Lipinski definition) is 2. The summed E-state index contributed by atoms with van der Waals surface area (Å²) in [6, 6.07) is 5.57. The van der Waals surface area contributed by atoms with Crippen LogP contribution in [-0.2, 0) is 22.5 Å². The van der Waals surface area contributed by atoms with E-state index in [2.05, 4.69) is 27.8 Å². The third kappa shape index (κ3) is 6.32. The molecule has 0 bridgehead atoms. The molecule has 4 heterocycles. The van der Waals surface area contributed by atoms with E-state index in [-0.39, 0.29) is 17.9 Å². The molecule has 1 unspecified atom stereocenters. The van der Waals surface area contributed by atoms with Crippen molar-refractivity contribution in [2.75, 3.05) is 60.9 Å². The van der Waals surface area contributed by atoms with Crippen molar-refractivity contribution in [3.05, 3.63) is 40.7 Å². The number of carbonyl (C=O) groups is 2. The zero-order valence-electron chi connectivity index (χ0n) is 21.5. The normalized spacial score (nSPS) is 16.6. The first-order valence-corrected chi connectivity index (χ1v) is 13.8. The van der Waals surface area contributed by atoms with Crippen molar-refractivity contribution in [1.29, 1.82) is 5.26 Å². The molecule has 196 valence electrons. The number of urea groups is 1. The molecular formula is C26H33N7O3S. The van der Waals surface area contributed by atoms with Gasteiger partial charge in [0.25, 0.3) is 0 Å². The summed E-state index contributed by atoms with van der Waals surface area (Å²) in [6.45, 7) is 4.74. The number of anilines is 3. The molecule has 0 aromatic carbocycles. The summed E-state index contributed by atoms with van der Waals surface area (Å²) in [7, 11) is 1.81. The quantitative estimate of drug-likeness (QED) is 0.505. The number of nitriles is 1. The highest BCUT2D eigenvalue weighted by Crippen LogP contribution is 2.29. The fraction of sp³-hybridized carbons (Fsp3) is 0.500. The molecular weight excluding hydrogens is 490 g/mol. The predicted octanol–water partition coefficient (Wildman–Crippen LogP) is 3.41. The van der Waals surface area contributed by atoms with Gasteiger partial charge in [0.05, 0.1) is 23.8 Å². The average molecular weight is 524 g/mol. The molecule has 0 saturated carbocycles. The van der Waals surface area contributed by atoms with Crippen LogP contribution in [0, 0.1) is 24.2 Å². The van der Waals surface area contributed by atoms with Crippen molar-refractivity contribution in [2.24, 2.45) is 5.92 Å². The SMILES string of the molecule is CSCCNc1cc(NC(=O)N2CCCc3cc(CN(C)C(=O)C4CCOC4)c(C)nc32)ncc1C#N. The van der Waals surface area contributed by atoms with Gasteiger partial charge in [-0.1, -0.05) is 0 Å². The van der Waals surface area contributed by atoms with Crippen molar-refractivity contribution in [3.63, 3.8) is 0 Å². The summed E-state index contributed by atoms with van der Waals surface area (Å²) < 4.78 is 5.37. The highest BCUT2D eigenvalue weighted by atomic mass is 32.2. The number of thioether (sulfide) groups is 1. The number of pyridine rings is 2. The van der Waals surface area contributed by atoms with Gasteiger partial charge in [-0.15, -0.1) is 0 Å². The van der Waals surface area contributed by atoms with Gasteiger partial charge in [-0.2, -0.15) is 17.0 Å². The molecule has 4 rings (SSSR count). The van der Waals surface area contributed by atoms with Crippen molar-refractivity contribution in [2.45, 2.75) is 32.7 Å². The highest BCUT2D eigenvalue weighted by Gasteiger charge is 2.28. The molecule has 1 fully saturated rings. The molecule has 2 aliphatic rings. The van der Waals surface area contributed by atoms with Gasteiger partial charge in [-0.3, -0.25) is 15.0 Å². The van der Waals surface area contributed by atoms with Crippen molar-refractivity contribution >= 4 is 41.0 Å². The first-order valence-electron chi connectivity index (χ1n) is 12.4. The number of nitrogens with one attached hydrogen (secondary N) is 2. The summed E-state index contributed by atoms with van der Waals surface area (Å²) in [6.07, 6.45) is 5.86. The van der Waals surface area contributed by atoms with Gasteiger partial charge < -0.3 is 15.0 Å². The number of amides is 3. The van der Waals surface area contributed by atoms with E-state index < -0.39 is 0 Å². The minimum atomic E-state index is -0.318. The van der Waals surface area contributed by atoms with E-state index in [1.54, 1.807) is 27.6 Å². The Balaban J connectivity index is 1.48. The molecule has 2 N–H and O–H groups in total. The number of carbonyl (C=O) groups excluding carboxylic acids is 2. The van der Waals surface area contributed by atoms with E-state index in [1.165, 1.54) is 6.20 Å². The maximum atomic E-state index is 13.2. The summed E-state index contributed by atoms with van der Waals surface area (Å²) >= 11 is 1.70. The molecule has 37 heavy (non-hydrogen) atoms. The molecule has 0 aliphatic carbocycles. The van der Waals surface area contributed by atoms with Gasteiger partial charge in [0.2, 0.25) is 5.91 Å². The number of fused-ring (bicyclic) bond motifs is 1. The lowest BCUT2D eigenvalue weighted by molar-refractivity contribution is -0.134. The van der Waals surface area contributed by atoms with Crippen molar-refractivity contribution in [1.82, 2.24) is 14.9 Å². The summed E-state index contributed by atoms with van der Waals surface area (Å²) in [5.41, 5.74) is 3.82. The predicted molar refractivity (Wildman–Crippen MR) is 145 cm³/mol. The Hall–Kier alpha value is -3.36. The van der Waals surface area contributed by atoms with E-state index in [0.29, 0.717) is 55.7 Å². The number of rotatable bonds is 8. The molecule has 2 aromatic heterocycles. The zero-order valence-corrected chi connectivity index (χ0v) is 22.4. The molecule has 0 radical (unpaired) electrons. The largest absolute Gasteiger partial charge is 0.383 e. The monoisotopic (exact) mass is 523 g/mol. The Morgan fingerprint density at radius 2 is 2.22 bits per heavy atom. The maximum Gasteiger partial charge on any atom is 0.328 e. The van der Waals surface area contributed by atoms with Gasteiger partial charge >= 0.3 is 6.03 Å². The number of ether oxygens (including phenoxy) is 1. The van der Waals surface area contributed by atoms with E-state index >= 15 is 0 Å². The van der Waals surface area contributed by atoms with Crippen LogP contribution < -0.4 is 15.5 Å². The standard InChI is InChI=1S/C26H33N7O3S/c1-17-20(15-32(2)25(34)19-6-9-36-16-19)11-18-5-4-8-33(24(18)30-17)26(35)31-23-12-22(28-7-10-37-3)21(13-27)14-29-23/h11-12,14,19H,4-10,15-16H2,1-3H3,(H2,28,29,31,35). The molecule has 2 aromatic rings. The fourth-order valence-electron chi connectivity index (χ4n) is 4.59. The highest BCUT2D eigenvalue weighted by molar-refractivity contribution is 7.98. The summed E-state index contributed by atoms with van der Waals surface area (Å²) in [5.74, 6) is 1.91. The minimum absolute atomic E-state index is 0.0767. The molecule has 11 heteroatoms. The van der Waals surface area contributed by atoms with E-state index in [9.17, 15) is 14.9 Å². The second-order valence-corrected chi connectivity index (χ2v) is 10.3.